The third kappa shape index (κ3) is 6.88. The van der Waals surface area contributed by atoms with Crippen molar-refractivity contribution in [3.8, 4) is 0 Å². The molecule has 402 valence electrons. The summed E-state index contributed by atoms with van der Waals surface area (Å²) in [5, 5.41) is 0. The molecular formula is C64H88N2O8. The topological polar surface area (TPSA) is 130 Å². The maximum atomic E-state index is 14.4. The van der Waals surface area contributed by atoms with Gasteiger partial charge in [0.2, 0.25) is 11.5 Å². The Bertz CT molecular complexity index is 2710. The summed E-state index contributed by atoms with van der Waals surface area (Å²) in [4.78, 5) is 88.3. The largest absolute Gasteiger partial charge is 0.469 e. The fourth-order valence-electron chi connectivity index (χ4n) is 20.9. The molecule has 0 aromatic rings. The van der Waals surface area contributed by atoms with Crippen LogP contribution in [0.25, 0.3) is 9.69 Å². The van der Waals surface area contributed by atoms with Gasteiger partial charge in [0.15, 0.2) is 17.3 Å². The number of fused-ring (bicyclic) bond motifs is 14. The number of carbonyl (C=O) groups excluding carboxylic acids is 6. The molecule has 0 aliphatic heterocycles. The number of allylic oxidation sites excluding steroid dienone is 6. The normalized spacial score (nSPS) is 49.3. The van der Waals surface area contributed by atoms with Gasteiger partial charge in [-0.3, -0.25) is 24.0 Å². The van der Waals surface area contributed by atoms with Crippen LogP contribution >= 0.6 is 0 Å². The molecule has 0 aromatic carbocycles. The van der Waals surface area contributed by atoms with Crippen LogP contribution < -0.4 is 0 Å². The zero-order valence-corrected chi connectivity index (χ0v) is 48.0. The molecule has 0 aromatic heterocycles. The minimum Gasteiger partial charge on any atom is -0.469 e. The van der Waals surface area contributed by atoms with Crippen molar-refractivity contribution in [1.29, 1.82) is 0 Å². The first-order valence-electron chi connectivity index (χ1n) is 28.3. The lowest BCUT2D eigenvalue weighted by Gasteiger charge is -2.69. The third-order valence-corrected chi connectivity index (χ3v) is 25.8. The van der Waals surface area contributed by atoms with E-state index in [1.807, 2.05) is 59.8 Å². The van der Waals surface area contributed by atoms with Gasteiger partial charge in [-0.05, 0) is 183 Å². The molecule has 0 heterocycles. The van der Waals surface area contributed by atoms with Crippen molar-refractivity contribution in [2.24, 2.45) is 100 Å². The number of hydrogen-bond donors (Lipinski definition) is 0. The van der Waals surface area contributed by atoms with Crippen LogP contribution in [0.4, 0.5) is 0 Å². The maximum absolute atomic E-state index is 14.4. The van der Waals surface area contributed by atoms with Crippen LogP contribution in [0, 0.1) is 114 Å². The second kappa shape index (κ2) is 16.7. The van der Waals surface area contributed by atoms with E-state index >= 15 is 0 Å². The monoisotopic (exact) mass is 1010 g/mol. The van der Waals surface area contributed by atoms with E-state index in [2.05, 4.69) is 65.1 Å². The zero-order chi connectivity index (χ0) is 54.8. The van der Waals surface area contributed by atoms with Gasteiger partial charge in [0.05, 0.1) is 31.6 Å². The number of Topliss-reactive ketones (excluding diaryl/α,β-unsaturated/α-hetero) is 2. The highest BCUT2D eigenvalue weighted by Crippen LogP contribution is 2.77. The summed E-state index contributed by atoms with van der Waals surface area (Å²) in [7, 11) is 2.95. The number of hydrogen-bond acceptors (Lipinski definition) is 8. The van der Waals surface area contributed by atoms with E-state index in [-0.39, 0.29) is 109 Å². The average molecular weight is 1010 g/mol. The predicted molar refractivity (Wildman–Crippen MR) is 284 cm³/mol. The molecule has 10 aliphatic rings. The van der Waals surface area contributed by atoms with Crippen LogP contribution in [0.3, 0.4) is 0 Å². The van der Waals surface area contributed by atoms with E-state index in [9.17, 15) is 28.8 Å². The van der Waals surface area contributed by atoms with Gasteiger partial charge in [-0.2, -0.15) is 0 Å². The van der Waals surface area contributed by atoms with Gasteiger partial charge < -0.3 is 19.1 Å². The molecule has 0 N–H and O–H groups in total. The van der Waals surface area contributed by atoms with Gasteiger partial charge in [-0.15, -0.1) is 0 Å². The van der Waals surface area contributed by atoms with Gasteiger partial charge in [0.25, 0.3) is 6.04 Å². The molecule has 0 amide bonds. The Morgan fingerprint density at radius 2 is 0.986 bits per heavy atom. The minimum absolute atomic E-state index is 0.0183. The second-order valence-corrected chi connectivity index (χ2v) is 30.0. The van der Waals surface area contributed by atoms with Crippen LogP contribution in [0.1, 0.15) is 193 Å². The van der Waals surface area contributed by atoms with Crippen molar-refractivity contribution in [1.82, 2.24) is 0 Å². The number of methoxy groups -OCH3 is 2. The zero-order valence-electron chi connectivity index (χ0n) is 48.0. The SMILES string of the molecule is [C-]#[N+]C1=C[C@]2(C)[C@H]3C(=O)C=C4[C@@H]5C[C@@](C)(C(=O)OC)CC[C@]5(C)CC[C@@]4(C)[C@]3(C)CC[C@H]2C(C)(C)C1=O.[C-]#[N+]C1C[C@]2(C)[C@H]3C(=O)C=C4[C@@H]5C[C@@](C)(C(=O)OC)CC[C@]5(C)CC[C@@]4(C)[C@]3(C)CC[C@H]2C(C)(C)C1=O. The van der Waals surface area contributed by atoms with Crippen LogP contribution in [0.5, 0.6) is 0 Å². The highest BCUT2D eigenvalue weighted by Gasteiger charge is 2.74. The molecule has 10 nitrogen and oxygen atoms in total. The molecule has 0 spiro atoms. The van der Waals surface area contributed by atoms with Crippen molar-refractivity contribution in [3.05, 3.63) is 57.9 Å². The Kier molecular flexibility index (Phi) is 12.3. The molecule has 17 atom stereocenters. The molecule has 10 aliphatic carbocycles. The van der Waals surface area contributed by atoms with Gasteiger partial charge in [0, 0.05) is 29.1 Å². The van der Waals surface area contributed by atoms with Crippen molar-refractivity contribution < 1.29 is 38.2 Å². The Morgan fingerprint density at radius 1 is 0.554 bits per heavy atom. The van der Waals surface area contributed by atoms with Crippen LogP contribution in [0.15, 0.2) is 35.1 Å². The van der Waals surface area contributed by atoms with E-state index in [0.717, 1.165) is 89.9 Å². The van der Waals surface area contributed by atoms with Crippen molar-refractivity contribution >= 4 is 35.1 Å². The Labute approximate surface area is 443 Å². The summed E-state index contributed by atoms with van der Waals surface area (Å²) in [5.74, 6) is -0.0231. The quantitative estimate of drug-likeness (QED) is 0.197. The van der Waals surface area contributed by atoms with Crippen molar-refractivity contribution in [3.63, 3.8) is 0 Å². The first-order chi connectivity index (χ1) is 34.1. The molecule has 7 saturated carbocycles. The number of ketones is 4. The predicted octanol–water partition coefficient (Wildman–Crippen LogP) is 13.3. The lowest BCUT2D eigenvalue weighted by molar-refractivity contribution is -0.189. The van der Waals surface area contributed by atoms with E-state index in [0.29, 0.717) is 6.42 Å². The second-order valence-electron chi connectivity index (χ2n) is 30.0. The maximum Gasteiger partial charge on any atom is 0.311 e. The van der Waals surface area contributed by atoms with Gasteiger partial charge in [-0.25, -0.2) is 11.4 Å². The van der Waals surface area contributed by atoms with Gasteiger partial charge in [0.1, 0.15) is 0 Å². The Balaban J connectivity index is 0.000000182. The molecule has 10 heteroatoms. The summed E-state index contributed by atoms with van der Waals surface area (Å²) >= 11 is 0. The first kappa shape index (κ1) is 54.6. The summed E-state index contributed by atoms with van der Waals surface area (Å²) in [6, 6.07) is -0.668. The summed E-state index contributed by atoms with van der Waals surface area (Å²) < 4.78 is 10.5. The molecule has 10 rings (SSSR count). The average Bonchev–Trinajstić information content (AvgIpc) is 3.33. The van der Waals surface area contributed by atoms with E-state index in [4.69, 9.17) is 22.6 Å². The van der Waals surface area contributed by atoms with Crippen molar-refractivity contribution in [2.45, 2.75) is 199 Å². The molecule has 0 saturated heterocycles. The van der Waals surface area contributed by atoms with E-state index in [1.54, 1.807) is 0 Å². The fourth-order valence-corrected chi connectivity index (χ4v) is 20.9. The smallest absolute Gasteiger partial charge is 0.311 e. The molecule has 0 radical (unpaired) electrons. The van der Waals surface area contributed by atoms with Crippen molar-refractivity contribution in [2.75, 3.05) is 14.2 Å². The lowest BCUT2D eigenvalue weighted by atomic mass is 9.33. The highest BCUT2D eigenvalue weighted by molar-refractivity contribution is 6.03. The van der Waals surface area contributed by atoms with E-state index in [1.165, 1.54) is 25.4 Å². The summed E-state index contributed by atoms with van der Waals surface area (Å²) in [6.07, 6.45) is 19.1. The third-order valence-electron chi connectivity index (χ3n) is 25.8. The fraction of sp³-hybridized carbons (Fsp3) is 0.781. The lowest BCUT2D eigenvalue weighted by Crippen LogP contribution is -2.67. The van der Waals surface area contributed by atoms with E-state index < -0.39 is 38.5 Å². The molecule has 74 heavy (non-hydrogen) atoms. The Morgan fingerprint density at radius 3 is 1.43 bits per heavy atom. The highest BCUT2D eigenvalue weighted by atomic mass is 16.5. The number of nitrogens with zero attached hydrogens (tertiary/aromatic N) is 2. The first-order valence-corrected chi connectivity index (χ1v) is 28.3. The molecular weight excluding hydrogens is 925 g/mol. The van der Waals surface area contributed by atoms with Crippen LogP contribution in [0.2, 0.25) is 0 Å². The van der Waals surface area contributed by atoms with Gasteiger partial charge in [-0.1, -0.05) is 100 Å². The summed E-state index contributed by atoms with van der Waals surface area (Å²) in [6.45, 7) is 46.0. The minimum atomic E-state index is -0.674. The van der Waals surface area contributed by atoms with Crippen LogP contribution in [-0.2, 0) is 38.2 Å². The standard InChI is InChI=1S/C32H45NO4.C32H43NO4/c2*1-27(2)23-10-11-32(7)24(30(23,5)18-21(33-8)25(27)35)22(34)16-19-20-17-29(4,26(36)37-9)13-12-28(20,3)14-15-31(19,32)6/h16,20-21,23-24H,10-15,17-18H2,1-7,9H3;16,18,20,23-24H,10-15,17H2,1-7,9H3/t20-,21?,23-,24+,28+,29-,30-,31+,32+;20-,23-,24+,28+,29-,30-,31+,32+/m00/s1. The van der Waals surface area contributed by atoms with Crippen LogP contribution in [-0.4, -0.2) is 55.3 Å². The number of esters is 2. The Hall–Kier alpha value is -4.18. The number of carbonyl (C=O) groups is 6. The summed E-state index contributed by atoms with van der Waals surface area (Å²) in [5.41, 5.74) is -1.33. The number of ether oxygens (including phenoxy) is 2. The number of rotatable bonds is 2. The molecule has 1 unspecified atom stereocenters. The molecule has 0 bridgehead atoms. The van der Waals surface area contributed by atoms with Gasteiger partial charge >= 0.3 is 11.9 Å². The molecule has 7 fully saturated rings.